The molecule has 1 aliphatic heterocycles. The maximum absolute atomic E-state index is 5.78. The van der Waals surface area contributed by atoms with Crippen LogP contribution in [0.25, 0.3) is 0 Å². The van der Waals surface area contributed by atoms with Gasteiger partial charge in [0.2, 0.25) is 0 Å². The van der Waals surface area contributed by atoms with Crippen molar-refractivity contribution in [2.75, 3.05) is 26.2 Å². The van der Waals surface area contributed by atoms with E-state index in [1.54, 1.807) is 0 Å². The monoisotopic (exact) mass is 268 g/mol. The van der Waals surface area contributed by atoms with E-state index in [2.05, 4.69) is 24.1 Å². The summed E-state index contributed by atoms with van der Waals surface area (Å²) in [6.07, 6.45) is 9.97. The van der Waals surface area contributed by atoms with Crippen LogP contribution in [-0.4, -0.2) is 49.3 Å². The summed E-state index contributed by atoms with van der Waals surface area (Å²) in [6, 6.07) is 1.49. The number of nitrogens with zero attached hydrogens (tertiary/aromatic N) is 1. The van der Waals surface area contributed by atoms with E-state index in [1.165, 1.54) is 58.0 Å². The molecule has 0 aromatic rings. The molecule has 1 saturated carbocycles. The first-order valence-electron chi connectivity index (χ1n) is 8.44. The Hall–Kier alpha value is -0.120. The van der Waals surface area contributed by atoms with Crippen molar-refractivity contribution < 1.29 is 4.74 Å². The zero-order chi connectivity index (χ0) is 13.5. The standard InChI is InChI=1S/C16H32N2O/c1-3-17-15-8-6-5-7-9-16(15)18-12-10-14(11-13-18)19-4-2/h14-17H,3-13H2,1-2H3. The van der Waals surface area contributed by atoms with E-state index in [9.17, 15) is 0 Å². The normalized spacial score (nSPS) is 31.3. The molecule has 0 radical (unpaired) electrons. The van der Waals surface area contributed by atoms with E-state index >= 15 is 0 Å². The third-order valence-corrected chi connectivity index (χ3v) is 4.79. The number of piperidine rings is 1. The SMILES string of the molecule is CCNC1CCCCCC1N1CCC(OCC)CC1. The molecule has 0 bridgehead atoms. The number of likely N-dealkylation sites (tertiary alicyclic amines) is 1. The van der Waals surface area contributed by atoms with Crippen molar-refractivity contribution in [2.24, 2.45) is 0 Å². The first-order chi connectivity index (χ1) is 9.35. The van der Waals surface area contributed by atoms with Crippen molar-refractivity contribution in [1.29, 1.82) is 0 Å². The largest absolute Gasteiger partial charge is 0.378 e. The average Bonchev–Trinajstić information content (AvgIpc) is 2.66. The van der Waals surface area contributed by atoms with Crippen LogP contribution in [0.3, 0.4) is 0 Å². The Bertz CT molecular complexity index is 239. The van der Waals surface area contributed by atoms with Gasteiger partial charge in [-0.05, 0) is 39.2 Å². The van der Waals surface area contributed by atoms with Gasteiger partial charge in [-0.25, -0.2) is 0 Å². The van der Waals surface area contributed by atoms with Gasteiger partial charge < -0.3 is 10.1 Å². The van der Waals surface area contributed by atoms with Crippen molar-refractivity contribution >= 4 is 0 Å². The predicted molar refractivity (Wildman–Crippen MR) is 80.6 cm³/mol. The quantitative estimate of drug-likeness (QED) is 0.776. The van der Waals surface area contributed by atoms with Crippen LogP contribution in [0.2, 0.25) is 0 Å². The van der Waals surface area contributed by atoms with Crippen molar-refractivity contribution in [3.63, 3.8) is 0 Å². The summed E-state index contributed by atoms with van der Waals surface area (Å²) in [5.74, 6) is 0. The van der Waals surface area contributed by atoms with Crippen molar-refractivity contribution in [1.82, 2.24) is 10.2 Å². The minimum absolute atomic E-state index is 0.518. The first-order valence-corrected chi connectivity index (χ1v) is 8.44. The Labute approximate surface area is 119 Å². The zero-order valence-electron chi connectivity index (χ0n) is 12.9. The first kappa shape index (κ1) is 15.3. The summed E-state index contributed by atoms with van der Waals surface area (Å²) in [4.78, 5) is 2.74. The van der Waals surface area contributed by atoms with Crippen molar-refractivity contribution in [3.05, 3.63) is 0 Å². The predicted octanol–water partition coefficient (Wildman–Crippen LogP) is 2.80. The maximum atomic E-state index is 5.78. The Kier molecular flexibility index (Phi) is 6.62. The van der Waals surface area contributed by atoms with Crippen LogP contribution in [0.1, 0.15) is 58.8 Å². The average molecular weight is 268 g/mol. The molecule has 0 spiro atoms. The summed E-state index contributed by atoms with van der Waals surface area (Å²) >= 11 is 0. The molecule has 2 rings (SSSR count). The van der Waals surface area contributed by atoms with Crippen LogP contribution in [0.4, 0.5) is 0 Å². The molecule has 2 aliphatic rings. The Morgan fingerprint density at radius 2 is 1.74 bits per heavy atom. The summed E-state index contributed by atoms with van der Waals surface area (Å²) in [5.41, 5.74) is 0. The molecule has 1 saturated heterocycles. The lowest BCUT2D eigenvalue weighted by molar-refractivity contribution is -0.00159. The van der Waals surface area contributed by atoms with Crippen LogP contribution >= 0.6 is 0 Å². The maximum Gasteiger partial charge on any atom is 0.0599 e. The number of ether oxygens (including phenoxy) is 1. The molecule has 1 N–H and O–H groups in total. The second kappa shape index (κ2) is 8.23. The third kappa shape index (κ3) is 4.44. The van der Waals surface area contributed by atoms with Crippen LogP contribution in [0.5, 0.6) is 0 Å². The second-order valence-corrected chi connectivity index (χ2v) is 6.06. The molecule has 0 aromatic carbocycles. The van der Waals surface area contributed by atoms with Gasteiger partial charge in [-0.3, -0.25) is 4.90 Å². The Morgan fingerprint density at radius 3 is 2.42 bits per heavy atom. The highest BCUT2D eigenvalue weighted by Gasteiger charge is 2.31. The lowest BCUT2D eigenvalue weighted by Gasteiger charge is -2.40. The molecule has 1 heterocycles. The number of hydrogen-bond acceptors (Lipinski definition) is 3. The third-order valence-electron chi connectivity index (χ3n) is 4.79. The van der Waals surface area contributed by atoms with E-state index < -0.39 is 0 Å². The van der Waals surface area contributed by atoms with E-state index in [4.69, 9.17) is 4.74 Å². The van der Waals surface area contributed by atoms with Gasteiger partial charge in [-0.2, -0.15) is 0 Å². The summed E-state index contributed by atoms with van der Waals surface area (Å²) in [7, 11) is 0. The molecule has 19 heavy (non-hydrogen) atoms. The molecule has 2 unspecified atom stereocenters. The van der Waals surface area contributed by atoms with Gasteiger partial charge in [0.05, 0.1) is 6.10 Å². The number of hydrogen-bond donors (Lipinski definition) is 1. The second-order valence-electron chi connectivity index (χ2n) is 6.06. The molecule has 1 aliphatic carbocycles. The number of likely N-dealkylation sites (N-methyl/N-ethyl adjacent to an activating group) is 1. The molecule has 0 aromatic heterocycles. The molecule has 3 nitrogen and oxygen atoms in total. The minimum Gasteiger partial charge on any atom is -0.378 e. The van der Waals surface area contributed by atoms with E-state index in [1.807, 2.05) is 0 Å². The summed E-state index contributed by atoms with van der Waals surface area (Å²) in [5, 5.41) is 3.74. The van der Waals surface area contributed by atoms with Crippen LogP contribution in [0.15, 0.2) is 0 Å². The van der Waals surface area contributed by atoms with E-state index in [0.717, 1.165) is 25.2 Å². The van der Waals surface area contributed by atoms with Gasteiger partial charge in [0, 0.05) is 31.8 Å². The Morgan fingerprint density at radius 1 is 1.00 bits per heavy atom. The van der Waals surface area contributed by atoms with Gasteiger partial charge >= 0.3 is 0 Å². The van der Waals surface area contributed by atoms with Crippen LogP contribution in [0, 0.1) is 0 Å². The lowest BCUT2D eigenvalue weighted by Crippen LogP contribution is -2.52. The molecule has 2 atom stereocenters. The highest BCUT2D eigenvalue weighted by atomic mass is 16.5. The summed E-state index contributed by atoms with van der Waals surface area (Å²) in [6.45, 7) is 8.79. The molecule has 112 valence electrons. The smallest absolute Gasteiger partial charge is 0.0599 e. The molecular formula is C16H32N2O. The highest BCUT2D eigenvalue weighted by Crippen LogP contribution is 2.26. The minimum atomic E-state index is 0.518. The van der Waals surface area contributed by atoms with Gasteiger partial charge in [0.1, 0.15) is 0 Å². The summed E-state index contributed by atoms with van der Waals surface area (Å²) < 4.78 is 5.78. The van der Waals surface area contributed by atoms with Crippen molar-refractivity contribution in [3.8, 4) is 0 Å². The Balaban J connectivity index is 1.87. The van der Waals surface area contributed by atoms with Gasteiger partial charge in [0.25, 0.3) is 0 Å². The fraction of sp³-hybridized carbons (Fsp3) is 1.00. The van der Waals surface area contributed by atoms with Crippen LogP contribution in [-0.2, 0) is 4.74 Å². The lowest BCUT2D eigenvalue weighted by atomic mass is 9.97. The fourth-order valence-corrected chi connectivity index (χ4v) is 3.84. The van der Waals surface area contributed by atoms with Crippen LogP contribution < -0.4 is 5.32 Å². The van der Waals surface area contributed by atoms with Gasteiger partial charge in [-0.1, -0.05) is 26.2 Å². The van der Waals surface area contributed by atoms with Crippen molar-refractivity contribution in [2.45, 2.75) is 77.0 Å². The van der Waals surface area contributed by atoms with E-state index in [0.29, 0.717) is 6.10 Å². The highest BCUT2D eigenvalue weighted by molar-refractivity contribution is 4.89. The molecule has 2 fully saturated rings. The molecule has 3 heteroatoms. The number of nitrogens with one attached hydrogen (secondary N) is 1. The fourth-order valence-electron chi connectivity index (χ4n) is 3.84. The van der Waals surface area contributed by atoms with Gasteiger partial charge in [-0.15, -0.1) is 0 Å². The molecular weight excluding hydrogens is 236 g/mol. The van der Waals surface area contributed by atoms with E-state index in [-0.39, 0.29) is 0 Å². The topological polar surface area (TPSA) is 24.5 Å². The zero-order valence-corrected chi connectivity index (χ0v) is 12.9. The van der Waals surface area contributed by atoms with Gasteiger partial charge in [0.15, 0.2) is 0 Å². The molecule has 0 amide bonds. The number of rotatable bonds is 5.